The van der Waals surface area contributed by atoms with E-state index in [1.54, 1.807) is 18.2 Å². The van der Waals surface area contributed by atoms with Crippen molar-refractivity contribution in [1.29, 1.82) is 0 Å². The fraction of sp³-hybridized carbons (Fsp3) is 0.483. The summed E-state index contributed by atoms with van der Waals surface area (Å²) < 4.78 is 25.8. The summed E-state index contributed by atoms with van der Waals surface area (Å²) >= 11 is 0. The Morgan fingerprint density at radius 1 is 0.788 bits per heavy atom. The van der Waals surface area contributed by atoms with Crippen LogP contribution >= 0.6 is 0 Å². The van der Waals surface area contributed by atoms with Crippen LogP contribution in [0.15, 0.2) is 51.7 Å². The molecule has 1 aromatic heterocycles. The summed E-state index contributed by atoms with van der Waals surface area (Å²) in [5.41, 5.74) is 1.93. The van der Waals surface area contributed by atoms with Gasteiger partial charge in [0.2, 0.25) is 0 Å². The van der Waals surface area contributed by atoms with E-state index in [0.717, 1.165) is 32.1 Å². The average Bonchev–Trinajstić information content (AvgIpc) is 2.82. The van der Waals surface area contributed by atoms with Gasteiger partial charge in [-0.3, -0.25) is 0 Å². The summed E-state index contributed by atoms with van der Waals surface area (Å²) in [5.74, 6) is 0.0576. The summed E-state index contributed by atoms with van der Waals surface area (Å²) in [6.45, 7) is 4.78. The van der Waals surface area contributed by atoms with Gasteiger partial charge < -0.3 is 9.15 Å². The van der Waals surface area contributed by atoms with Crippen LogP contribution in [0, 0.1) is 5.82 Å². The summed E-state index contributed by atoms with van der Waals surface area (Å²) in [6.07, 6.45) is 11.9. The summed E-state index contributed by atoms with van der Waals surface area (Å²) in [6, 6.07) is 13.8. The second-order valence-electron chi connectivity index (χ2n) is 8.88. The minimum absolute atomic E-state index is 0.0324. The predicted octanol–water partition coefficient (Wildman–Crippen LogP) is 7.80. The highest BCUT2D eigenvalue weighted by Gasteiger charge is 2.14. The van der Waals surface area contributed by atoms with E-state index in [9.17, 15) is 9.18 Å². The van der Waals surface area contributed by atoms with Crippen molar-refractivity contribution in [2.24, 2.45) is 0 Å². The maximum absolute atomic E-state index is 14.8. The Morgan fingerprint density at radius 3 is 2.18 bits per heavy atom. The van der Waals surface area contributed by atoms with Crippen molar-refractivity contribution in [2.45, 2.75) is 84.5 Å². The van der Waals surface area contributed by atoms with Gasteiger partial charge in [0.05, 0.1) is 6.61 Å². The van der Waals surface area contributed by atoms with E-state index in [-0.39, 0.29) is 11.1 Å². The minimum atomic E-state index is -0.641. The molecule has 0 radical (unpaired) electrons. The molecular weight excluding hydrogens is 415 g/mol. The molecule has 33 heavy (non-hydrogen) atoms. The van der Waals surface area contributed by atoms with Gasteiger partial charge in [-0.05, 0) is 54.3 Å². The van der Waals surface area contributed by atoms with Crippen LogP contribution in [0.1, 0.15) is 82.1 Å². The Morgan fingerprint density at radius 2 is 1.45 bits per heavy atom. The van der Waals surface area contributed by atoms with Crippen molar-refractivity contribution in [3.63, 3.8) is 0 Å². The van der Waals surface area contributed by atoms with Crippen molar-refractivity contribution < 1.29 is 13.5 Å². The second kappa shape index (κ2) is 13.2. The third kappa shape index (κ3) is 7.45. The first kappa shape index (κ1) is 25.0. The molecule has 0 amide bonds. The van der Waals surface area contributed by atoms with Gasteiger partial charge in [-0.25, -0.2) is 9.18 Å². The molecule has 0 unspecified atom stereocenters. The molecule has 0 saturated heterocycles. The van der Waals surface area contributed by atoms with E-state index < -0.39 is 11.4 Å². The van der Waals surface area contributed by atoms with Crippen molar-refractivity contribution in [2.75, 3.05) is 6.61 Å². The van der Waals surface area contributed by atoms with Crippen LogP contribution in [-0.2, 0) is 19.3 Å². The lowest BCUT2D eigenvalue weighted by molar-refractivity contribution is 0.292. The van der Waals surface area contributed by atoms with Gasteiger partial charge in [-0.2, -0.15) is 0 Å². The van der Waals surface area contributed by atoms with Crippen molar-refractivity contribution in [3.05, 3.63) is 75.6 Å². The van der Waals surface area contributed by atoms with Crippen molar-refractivity contribution >= 4 is 10.8 Å². The Bertz CT molecular complexity index is 1050. The number of aryl methyl sites for hydroxylation is 3. The van der Waals surface area contributed by atoms with Crippen LogP contribution in [-0.4, -0.2) is 6.61 Å². The smallest absolute Gasteiger partial charge is 0.346 e. The third-order valence-electron chi connectivity index (χ3n) is 6.14. The Hall–Kier alpha value is -2.62. The molecular formula is C29H37FO3. The lowest BCUT2D eigenvalue weighted by Crippen LogP contribution is -2.07. The molecule has 4 heteroatoms. The number of hydrogen-bond acceptors (Lipinski definition) is 3. The number of benzene rings is 2. The maximum atomic E-state index is 14.8. The fourth-order valence-corrected chi connectivity index (χ4v) is 4.11. The standard InChI is InChI=1S/C29H37FO3/c1-3-5-7-8-9-11-22-12-14-23(15-13-22)16-18-25-21-24-17-19-26(32-20-10-6-4-2)28(30)27(24)29(31)33-25/h12-15,17,19,21H,3-11,16,18,20H2,1-2H3. The zero-order chi connectivity index (χ0) is 23.5. The van der Waals surface area contributed by atoms with E-state index in [2.05, 4.69) is 38.1 Å². The zero-order valence-electron chi connectivity index (χ0n) is 20.1. The molecule has 0 aliphatic heterocycles. The fourth-order valence-electron chi connectivity index (χ4n) is 4.11. The van der Waals surface area contributed by atoms with Crippen LogP contribution in [0.3, 0.4) is 0 Å². The lowest BCUT2D eigenvalue weighted by atomic mass is 10.0. The second-order valence-corrected chi connectivity index (χ2v) is 8.88. The Kier molecular flexibility index (Phi) is 9.99. The van der Waals surface area contributed by atoms with E-state index in [1.165, 1.54) is 43.2 Å². The molecule has 3 rings (SSSR count). The van der Waals surface area contributed by atoms with Gasteiger partial charge in [-0.1, -0.05) is 82.7 Å². The van der Waals surface area contributed by atoms with Gasteiger partial charge in [0, 0.05) is 6.42 Å². The number of ether oxygens (including phenoxy) is 1. The average molecular weight is 453 g/mol. The number of halogens is 1. The molecule has 1 heterocycles. The van der Waals surface area contributed by atoms with E-state index in [4.69, 9.17) is 9.15 Å². The Balaban J connectivity index is 1.59. The summed E-state index contributed by atoms with van der Waals surface area (Å²) in [4.78, 5) is 12.5. The molecule has 0 bridgehead atoms. The summed E-state index contributed by atoms with van der Waals surface area (Å²) in [5, 5.41) is 0.521. The number of unbranched alkanes of at least 4 members (excludes halogenated alkanes) is 6. The number of hydrogen-bond donors (Lipinski definition) is 0. The number of rotatable bonds is 14. The van der Waals surface area contributed by atoms with Crippen LogP contribution < -0.4 is 10.4 Å². The van der Waals surface area contributed by atoms with Crippen molar-refractivity contribution in [3.8, 4) is 5.75 Å². The first-order valence-electron chi connectivity index (χ1n) is 12.6. The molecule has 0 saturated carbocycles. The predicted molar refractivity (Wildman–Crippen MR) is 134 cm³/mol. The summed E-state index contributed by atoms with van der Waals surface area (Å²) in [7, 11) is 0. The van der Waals surface area contributed by atoms with Gasteiger partial charge in [-0.15, -0.1) is 0 Å². The highest BCUT2D eigenvalue weighted by molar-refractivity contribution is 5.83. The van der Waals surface area contributed by atoms with Gasteiger partial charge >= 0.3 is 5.63 Å². The monoisotopic (exact) mass is 452 g/mol. The molecule has 0 spiro atoms. The van der Waals surface area contributed by atoms with Gasteiger partial charge in [0.25, 0.3) is 0 Å². The van der Waals surface area contributed by atoms with Gasteiger partial charge in [0.1, 0.15) is 11.1 Å². The third-order valence-corrected chi connectivity index (χ3v) is 6.14. The maximum Gasteiger partial charge on any atom is 0.346 e. The number of fused-ring (bicyclic) bond motifs is 1. The van der Waals surface area contributed by atoms with Crippen LogP contribution in [0.2, 0.25) is 0 Å². The van der Waals surface area contributed by atoms with E-state index in [1.807, 2.05) is 0 Å². The molecule has 0 aliphatic carbocycles. The topological polar surface area (TPSA) is 39.4 Å². The van der Waals surface area contributed by atoms with Gasteiger partial charge in [0.15, 0.2) is 11.6 Å². The van der Waals surface area contributed by atoms with Crippen LogP contribution in [0.25, 0.3) is 10.8 Å². The lowest BCUT2D eigenvalue weighted by Gasteiger charge is -2.09. The first-order valence-corrected chi connectivity index (χ1v) is 12.6. The van der Waals surface area contributed by atoms with Crippen molar-refractivity contribution in [1.82, 2.24) is 0 Å². The molecule has 0 atom stereocenters. The molecule has 0 N–H and O–H groups in total. The zero-order valence-corrected chi connectivity index (χ0v) is 20.1. The highest BCUT2D eigenvalue weighted by Crippen LogP contribution is 2.25. The Labute approximate surface area is 197 Å². The molecule has 3 aromatic rings. The molecule has 3 nitrogen and oxygen atoms in total. The molecule has 2 aromatic carbocycles. The van der Waals surface area contributed by atoms with E-state index >= 15 is 0 Å². The molecule has 0 fully saturated rings. The minimum Gasteiger partial charge on any atom is -0.490 e. The normalized spacial score (nSPS) is 11.2. The van der Waals surface area contributed by atoms with Crippen LogP contribution in [0.5, 0.6) is 5.75 Å². The largest absolute Gasteiger partial charge is 0.490 e. The molecule has 178 valence electrons. The quantitative estimate of drug-likeness (QED) is 0.234. The van der Waals surface area contributed by atoms with E-state index in [0.29, 0.717) is 24.2 Å². The SMILES string of the molecule is CCCCCCCc1ccc(CCc2cc3ccc(OCCCCC)c(F)c3c(=O)o2)cc1. The van der Waals surface area contributed by atoms with Crippen LogP contribution in [0.4, 0.5) is 4.39 Å². The first-order chi connectivity index (χ1) is 16.1. The molecule has 0 aliphatic rings. The highest BCUT2D eigenvalue weighted by atomic mass is 19.1.